The smallest absolute Gasteiger partial charge is 0.246 e. The van der Waals surface area contributed by atoms with Crippen molar-refractivity contribution in [3.8, 4) is 0 Å². The molecule has 1 aromatic rings. The van der Waals surface area contributed by atoms with E-state index in [2.05, 4.69) is 10.1 Å². The van der Waals surface area contributed by atoms with Gasteiger partial charge < -0.3 is 10.3 Å². The Morgan fingerprint density at radius 3 is 2.56 bits per heavy atom. The number of aromatic nitrogens is 2. The van der Waals surface area contributed by atoms with Gasteiger partial charge in [-0.3, -0.25) is 0 Å². The molecule has 1 heterocycles. The van der Waals surface area contributed by atoms with E-state index in [1.54, 1.807) is 0 Å². The molecule has 6 nitrogen and oxygen atoms in total. The number of hydrogen-bond acceptors (Lipinski definition) is 6. The number of rotatable bonds is 3. The molecule has 1 saturated carbocycles. The van der Waals surface area contributed by atoms with Crippen LogP contribution in [0.3, 0.4) is 0 Å². The van der Waals surface area contributed by atoms with Crippen LogP contribution in [0.2, 0.25) is 0 Å². The van der Waals surface area contributed by atoms with Crippen LogP contribution in [0, 0.1) is 0 Å². The molecule has 7 heteroatoms. The molecule has 0 radical (unpaired) electrons. The third-order valence-electron chi connectivity index (χ3n) is 3.12. The predicted octanol–water partition coefficient (Wildman–Crippen LogP) is 0.513. The summed E-state index contributed by atoms with van der Waals surface area (Å²) in [5, 5.41) is 2.93. The van der Waals surface area contributed by atoms with Crippen LogP contribution in [0.15, 0.2) is 4.52 Å². The van der Waals surface area contributed by atoms with Gasteiger partial charge in [0.2, 0.25) is 5.89 Å². The number of nitrogens with two attached hydrogens (primary N) is 1. The Morgan fingerprint density at radius 2 is 2.12 bits per heavy atom. The Hall–Kier alpha value is -0.950. The predicted molar refractivity (Wildman–Crippen MR) is 57.3 cm³/mol. The maximum Gasteiger partial charge on any atom is 0.246 e. The minimum Gasteiger partial charge on any atom is -0.337 e. The van der Waals surface area contributed by atoms with Crippen LogP contribution < -0.4 is 5.73 Å². The quantitative estimate of drug-likeness (QED) is 0.833. The van der Waals surface area contributed by atoms with E-state index < -0.39 is 20.6 Å². The topological polar surface area (TPSA) is 99.1 Å². The van der Waals surface area contributed by atoms with Gasteiger partial charge in [0.1, 0.15) is 5.25 Å². The second-order valence-electron chi connectivity index (χ2n) is 4.44. The third-order valence-corrected chi connectivity index (χ3v) is 4.61. The van der Waals surface area contributed by atoms with Crippen LogP contribution in [-0.4, -0.2) is 24.8 Å². The minimum absolute atomic E-state index is 0.189. The van der Waals surface area contributed by atoms with E-state index in [-0.39, 0.29) is 5.82 Å². The summed E-state index contributed by atoms with van der Waals surface area (Å²) < 4.78 is 27.7. The van der Waals surface area contributed by atoms with Crippen molar-refractivity contribution < 1.29 is 12.9 Å². The molecule has 0 spiro atoms. The molecule has 1 aromatic heterocycles. The highest BCUT2D eigenvalue weighted by atomic mass is 32.2. The Labute approximate surface area is 94.1 Å². The summed E-state index contributed by atoms with van der Waals surface area (Å²) in [5.74, 6) is 0.540. The molecule has 0 aliphatic heterocycles. The second-order valence-corrected chi connectivity index (χ2v) is 6.81. The van der Waals surface area contributed by atoms with Crippen LogP contribution in [0.1, 0.15) is 43.2 Å². The second kappa shape index (κ2) is 3.53. The first-order chi connectivity index (χ1) is 7.33. The van der Waals surface area contributed by atoms with Gasteiger partial charge >= 0.3 is 0 Å². The largest absolute Gasteiger partial charge is 0.337 e. The molecule has 1 fully saturated rings. The molecule has 0 aromatic carbocycles. The normalized spacial score (nSPS) is 21.4. The molecular formula is C9H15N3O3S. The van der Waals surface area contributed by atoms with Crippen LogP contribution in [-0.2, 0) is 15.4 Å². The van der Waals surface area contributed by atoms with E-state index >= 15 is 0 Å². The number of nitrogens with zero attached hydrogens (tertiary/aromatic N) is 2. The van der Waals surface area contributed by atoms with E-state index in [1.165, 1.54) is 6.92 Å². The van der Waals surface area contributed by atoms with Crippen molar-refractivity contribution in [1.82, 2.24) is 10.1 Å². The van der Waals surface area contributed by atoms with E-state index in [4.69, 9.17) is 10.3 Å². The zero-order chi connectivity index (χ0) is 12.0. The van der Waals surface area contributed by atoms with Crippen molar-refractivity contribution in [2.24, 2.45) is 5.73 Å². The SMILES string of the molecule is CC(c1noc(C2(N)CCC2)n1)S(C)(=O)=O. The molecule has 2 rings (SSSR count). The number of sulfone groups is 1. The van der Waals surface area contributed by atoms with Gasteiger partial charge in [-0.2, -0.15) is 4.98 Å². The van der Waals surface area contributed by atoms with E-state index in [1.807, 2.05) is 0 Å². The molecule has 16 heavy (non-hydrogen) atoms. The van der Waals surface area contributed by atoms with Crippen LogP contribution in [0.5, 0.6) is 0 Å². The van der Waals surface area contributed by atoms with Crippen molar-refractivity contribution in [3.63, 3.8) is 0 Å². The average molecular weight is 245 g/mol. The summed E-state index contributed by atoms with van der Waals surface area (Å²) in [4.78, 5) is 4.09. The highest BCUT2D eigenvalue weighted by Gasteiger charge is 2.40. The molecule has 0 bridgehead atoms. The maximum atomic E-state index is 11.3. The van der Waals surface area contributed by atoms with E-state index in [9.17, 15) is 8.42 Å². The van der Waals surface area contributed by atoms with Crippen molar-refractivity contribution >= 4 is 9.84 Å². The first-order valence-electron chi connectivity index (χ1n) is 5.15. The Morgan fingerprint density at radius 1 is 1.50 bits per heavy atom. The van der Waals surface area contributed by atoms with E-state index in [0.717, 1.165) is 25.5 Å². The third kappa shape index (κ3) is 1.84. The Balaban J connectivity index is 2.26. The van der Waals surface area contributed by atoms with Gasteiger partial charge in [0.15, 0.2) is 15.7 Å². The Bertz CT molecular complexity index is 490. The van der Waals surface area contributed by atoms with Gasteiger partial charge in [0.05, 0.1) is 5.54 Å². The van der Waals surface area contributed by atoms with Gasteiger partial charge in [-0.05, 0) is 26.2 Å². The summed E-state index contributed by atoms with van der Waals surface area (Å²) in [6, 6.07) is 0. The minimum atomic E-state index is -3.20. The lowest BCUT2D eigenvalue weighted by atomic mass is 9.78. The molecule has 1 unspecified atom stereocenters. The Kier molecular flexibility index (Phi) is 2.54. The average Bonchev–Trinajstić information content (AvgIpc) is 2.60. The fourth-order valence-corrected chi connectivity index (χ4v) is 2.04. The molecule has 90 valence electrons. The van der Waals surface area contributed by atoms with Crippen molar-refractivity contribution in [2.45, 2.75) is 37.0 Å². The molecule has 0 amide bonds. The van der Waals surface area contributed by atoms with E-state index in [0.29, 0.717) is 5.89 Å². The summed E-state index contributed by atoms with van der Waals surface area (Å²) >= 11 is 0. The van der Waals surface area contributed by atoms with Crippen molar-refractivity contribution in [1.29, 1.82) is 0 Å². The summed E-state index contributed by atoms with van der Waals surface area (Å²) in [6.07, 6.45) is 3.80. The summed E-state index contributed by atoms with van der Waals surface area (Å²) in [7, 11) is -3.20. The van der Waals surface area contributed by atoms with Crippen molar-refractivity contribution in [3.05, 3.63) is 11.7 Å². The standard InChI is InChI=1S/C9H15N3O3S/c1-6(16(2,13)14)7-11-8(15-12-7)9(10)4-3-5-9/h6H,3-5,10H2,1-2H3. The molecular weight excluding hydrogens is 230 g/mol. The van der Waals surface area contributed by atoms with Crippen LogP contribution >= 0.6 is 0 Å². The lowest BCUT2D eigenvalue weighted by Gasteiger charge is -2.33. The first-order valence-corrected chi connectivity index (χ1v) is 7.10. The fourth-order valence-electron chi connectivity index (χ4n) is 1.57. The molecule has 1 aliphatic carbocycles. The van der Waals surface area contributed by atoms with Gasteiger partial charge in [-0.1, -0.05) is 5.16 Å². The molecule has 1 atom stereocenters. The van der Waals surface area contributed by atoms with Gasteiger partial charge in [0, 0.05) is 6.26 Å². The zero-order valence-electron chi connectivity index (χ0n) is 9.30. The van der Waals surface area contributed by atoms with Gasteiger partial charge in [-0.15, -0.1) is 0 Å². The van der Waals surface area contributed by atoms with Crippen LogP contribution in [0.25, 0.3) is 0 Å². The highest BCUT2D eigenvalue weighted by Crippen LogP contribution is 2.38. The van der Waals surface area contributed by atoms with Gasteiger partial charge in [-0.25, -0.2) is 8.42 Å². The lowest BCUT2D eigenvalue weighted by molar-refractivity contribution is 0.181. The fraction of sp³-hybridized carbons (Fsp3) is 0.778. The maximum absolute atomic E-state index is 11.3. The lowest BCUT2D eigenvalue weighted by Crippen LogP contribution is -2.43. The summed E-state index contributed by atoms with van der Waals surface area (Å²) in [6.45, 7) is 1.54. The highest BCUT2D eigenvalue weighted by molar-refractivity contribution is 7.90. The summed E-state index contributed by atoms with van der Waals surface area (Å²) in [5.41, 5.74) is 5.46. The van der Waals surface area contributed by atoms with Gasteiger partial charge in [0.25, 0.3) is 0 Å². The number of hydrogen-bond donors (Lipinski definition) is 1. The zero-order valence-corrected chi connectivity index (χ0v) is 10.1. The monoisotopic (exact) mass is 245 g/mol. The van der Waals surface area contributed by atoms with Crippen molar-refractivity contribution in [2.75, 3.05) is 6.26 Å². The first kappa shape index (κ1) is 11.5. The molecule has 1 aliphatic rings. The molecule has 2 N–H and O–H groups in total. The molecule has 0 saturated heterocycles. The van der Waals surface area contributed by atoms with Crippen LogP contribution in [0.4, 0.5) is 0 Å².